The summed E-state index contributed by atoms with van der Waals surface area (Å²) in [6.45, 7) is 3.41. The lowest BCUT2D eigenvalue weighted by atomic mass is 9.82. The summed E-state index contributed by atoms with van der Waals surface area (Å²) in [5.41, 5.74) is 0. The Bertz CT molecular complexity index is 461. The Hall–Kier alpha value is -0.750. The fourth-order valence-corrected chi connectivity index (χ4v) is 5.27. The molecule has 1 aromatic rings. The average molecular weight is 339 g/mol. The van der Waals surface area contributed by atoms with Gasteiger partial charge < -0.3 is 10.2 Å². The number of likely N-dealkylation sites (tertiary alicyclic amines) is 1. The maximum Gasteiger partial charge on any atom is 0.193 e. The number of nitrogens with zero attached hydrogens (tertiary/aromatic N) is 3. The summed E-state index contributed by atoms with van der Waals surface area (Å²) in [5.74, 6) is 4.04. The number of fused-ring (bicyclic) bond motifs is 1. The van der Waals surface area contributed by atoms with Gasteiger partial charge in [-0.3, -0.25) is 4.99 Å². The molecule has 2 aliphatic rings. The van der Waals surface area contributed by atoms with Crippen LogP contribution >= 0.6 is 23.1 Å². The summed E-state index contributed by atoms with van der Waals surface area (Å²) < 4.78 is 1.17. The Morgan fingerprint density at radius 3 is 2.82 bits per heavy atom. The molecule has 22 heavy (non-hydrogen) atoms. The minimum atomic E-state index is 0.910. The maximum atomic E-state index is 4.49. The standard InChI is InChI=1S/C16H26N4S2/c1-17-15(18-7-4-9-21-16-19-8-10-22-16)20-11-13-5-2-3-6-14(13)12-20/h8,10,13-14H,2-7,9,11-12H2,1H3,(H,17,18). The second-order valence-electron chi connectivity index (χ2n) is 6.18. The van der Waals surface area contributed by atoms with Gasteiger partial charge in [0.2, 0.25) is 0 Å². The number of guanidine groups is 1. The smallest absolute Gasteiger partial charge is 0.193 e. The van der Waals surface area contributed by atoms with Gasteiger partial charge >= 0.3 is 0 Å². The lowest BCUT2D eigenvalue weighted by Crippen LogP contribution is -2.40. The zero-order chi connectivity index (χ0) is 15.2. The summed E-state index contributed by atoms with van der Waals surface area (Å²) >= 11 is 3.57. The van der Waals surface area contributed by atoms with Crippen LogP contribution in [0.3, 0.4) is 0 Å². The molecule has 1 N–H and O–H groups in total. The van der Waals surface area contributed by atoms with Crippen molar-refractivity contribution in [1.29, 1.82) is 0 Å². The molecule has 0 radical (unpaired) electrons. The molecule has 1 saturated carbocycles. The Morgan fingerprint density at radius 2 is 2.18 bits per heavy atom. The highest BCUT2D eigenvalue weighted by Crippen LogP contribution is 2.35. The van der Waals surface area contributed by atoms with E-state index in [2.05, 4.69) is 20.2 Å². The monoisotopic (exact) mass is 338 g/mol. The van der Waals surface area contributed by atoms with Gasteiger partial charge in [-0.05, 0) is 31.1 Å². The van der Waals surface area contributed by atoms with Crippen molar-refractivity contribution in [2.75, 3.05) is 32.4 Å². The van der Waals surface area contributed by atoms with Gasteiger partial charge in [-0.15, -0.1) is 11.3 Å². The normalized spacial score (nSPS) is 25.3. The zero-order valence-electron chi connectivity index (χ0n) is 13.3. The summed E-state index contributed by atoms with van der Waals surface area (Å²) in [7, 11) is 1.91. The van der Waals surface area contributed by atoms with Crippen molar-refractivity contribution in [2.45, 2.75) is 36.4 Å². The van der Waals surface area contributed by atoms with E-state index in [4.69, 9.17) is 0 Å². The van der Waals surface area contributed by atoms with E-state index in [9.17, 15) is 0 Å². The molecular formula is C16H26N4S2. The van der Waals surface area contributed by atoms with Crippen molar-refractivity contribution in [3.05, 3.63) is 11.6 Å². The van der Waals surface area contributed by atoms with Crippen molar-refractivity contribution in [3.8, 4) is 0 Å². The van der Waals surface area contributed by atoms with E-state index < -0.39 is 0 Å². The number of aliphatic imine (C=N–C) groups is 1. The number of hydrogen-bond acceptors (Lipinski definition) is 4. The van der Waals surface area contributed by atoms with Crippen LogP contribution < -0.4 is 5.32 Å². The van der Waals surface area contributed by atoms with E-state index in [0.29, 0.717) is 0 Å². The first kappa shape index (κ1) is 16.1. The lowest BCUT2D eigenvalue weighted by Gasteiger charge is -2.22. The SMILES string of the molecule is CN=C(NCCCSc1nccs1)N1CC2CCCCC2C1. The molecule has 2 unspecified atom stereocenters. The molecule has 1 aliphatic carbocycles. The van der Waals surface area contributed by atoms with Crippen molar-refractivity contribution >= 4 is 29.1 Å². The molecule has 122 valence electrons. The number of aromatic nitrogens is 1. The van der Waals surface area contributed by atoms with E-state index in [1.54, 1.807) is 11.3 Å². The van der Waals surface area contributed by atoms with Gasteiger partial charge in [0, 0.05) is 44.0 Å². The fourth-order valence-electron chi connectivity index (χ4n) is 3.62. The van der Waals surface area contributed by atoms with Gasteiger partial charge in [-0.25, -0.2) is 4.98 Å². The van der Waals surface area contributed by atoms with Crippen LogP contribution in [-0.4, -0.2) is 48.3 Å². The van der Waals surface area contributed by atoms with Crippen LogP contribution in [0.4, 0.5) is 0 Å². The molecule has 3 rings (SSSR count). The Kier molecular flexibility index (Phi) is 6.01. The van der Waals surface area contributed by atoms with Crippen LogP contribution in [0, 0.1) is 11.8 Å². The van der Waals surface area contributed by atoms with Gasteiger partial charge in [-0.1, -0.05) is 24.6 Å². The second-order valence-corrected chi connectivity index (χ2v) is 8.42. The third kappa shape index (κ3) is 4.16. The number of nitrogens with one attached hydrogen (secondary N) is 1. The highest BCUT2D eigenvalue weighted by Gasteiger charge is 2.35. The van der Waals surface area contributed by atoms with Crippen LogP contribution in [0.25, 0.3) is 0 Å². The van der Waals surface area contributed by atoms with Gasteiger partial charge in [0.1, 0.15) is 4.34 Å². The quantitative estimate of drug-likeness (QED) is 0.387. The van der Waals surface area contributed by atoms with Gasteiger partial charge in [0.15, 0.2) is 5.96 Å². The molecule has 0 amide bonds. The molecular weight excluding hydrogens is 312 g/mol. The summed E-state index contributed by atoms with van der Waals surface area (Å²) in [6, 6.07) is 0. The fraction of sp³-hybridized carbons (Fsp3) is 0.750. The van der Waals surface area contributed by atoms with Crippen molar-refractivity contribution in [1.82, 2.24) is 15.2 Å². The van der Waals surface area contributed by atoms with E-state index in [1.165, 1.54) is 43.1 Å². The zero-order valence-corrected chi connectivity index (χ0v) is 15.0. The molecule has 1 saturated heterocycles. The van der Waals surface area contributed by atoms with E-state index in [0.717, 1.165) is 36.5 Å². The minimum absolute atomic E-state index is 0.910. The predicted octanol–water partition coefficient (Wildman–Crippen LogP) is 3.32. The Balaban J connectivity index is 1.37. The van der Waals surface area contributed by atoms with Gasteiger partial charge in [-0.2, -0.15) is 0 Å². The number of rotatable bonds is 5. The topological polar surface area (TPSA) is 40.5 Å². The first-order valence-electron chi connectivity index (χ1n) is 8.34. The number of thioether (sulfide) groups is 1. The lowest BCUT2D eigenvalue weighted by molar-refractivity contribution is 0.299. The maximum absolute atomic E-state index is 4.49. The largest absolute Gasteiger partial charge is 0.356 e. The molecule has 0 aromatic carbocycles. The van der Waals surface area contributed by atoms with E-state index in [1.807, 2.05) is 30.4 Å². The molecule has 0 bridgehead atoms. The molecule has 6 heteroatoms. The van der Waals surface area contributed by atoms with E-state index in [-0.39, 0.29) is 0 Å². The molecule has 1 aliphatic heterocycles. The Labute approximate surface area is 141 Å². The predicted molar refractivity (Wildman–Crippen MR) is 95.8 cm³/mol. The number of thiazole rings is 1. The van der Waals surface area contributed by atoms with E-state index >= 15 is 0 Å². The highest BCUT2D eigenvalue weighted by atomic mass is 32.2. The molecule has 2 heterocycles. The molecule has 2 fully saturated rings. The van der Waals surface area contributed by atoms with Crippen LogP contribution in [0.1, 0.15) is 32.1 Å². The van der Waals surface area contributed by atoms with Crippen molar-refractivity contribution in [2.24, 2.45) is 16.8 Å². The Morgan fingerprint density at radius 1 is 1.41 bits per heavy atom. The summed E-state index contributed by atoms with van der Waals surface area (Å²) in [4.78, 5) is 11.3. The summed E-state index contributed by atoms with van der Waals surface area (Å²) in [5, 5.41) is 5.58. The molecule has 0 spiro atoms. The van der Waals surface area contributed by atoms with Crippen LogP contribution in [0.2, 0.25) is 0 Å². The third-order valence-electron chi connectivity index (χ3n) is 4.73. The third-order valence-corrected chi connectivity index (χ3v) is 6.78. The summed E-state index contributed by atoms with van der Waals surface area (Å²) in [6.07, 6.45) is 8.71. The van der Waals surface area contributed by atoms with Crippen LogP contribution in [-0.2, 0) is 0 Å². The first-order chi connectivity index (χ1) is 10.9. The minimum Gasteiger partial charge on any atom is -0.356 e. The molecule has 4 nitrogen and oxygen atoms in total. The number of hydrogen-bond donors (Lipinski definition) is 1. The molecule has 1 aromatic heterocycles. The molecule has 2 atom stereocenters. The van der Waals surface area contributed by atoms with Gasteiger partial charge in [0.05, 0.1) is 0 Å². The van der Waals surface area contributed by atoms with Gasteiger partial charge in [0.25, 0.3) is 0 Å². The average Bonchev–Trinajstić information content (AvgIpc) is 3.19. The second kappa shape index (κ2) is 8.20. The van der Waals surface area contributed by atoms with Crippen LogP contribution in [0.5, 0.6) is 0 Å². The highest BCUT2D eigenvalue weighted by molar-refractivity contribution is 8.00. The van der Waals surface area contributed by atoms with Crippen molar-refractivity contribution in [3.63, 3.8) is 0 Å². The van der Waals surface area contributed by atoms with Crippen molar-refractivity contribution < 1.29 is 0 Å². The first-order valence-corrected chi connectivity index (χ1v) is 10.2. The van der Waals surface area contributed by atoms with Crippen LogP contribution in [0.15, 0.2) is 20.9 Å².